The Balaban J connectivity index is 1.41. The van der Waals surface area contributed by atoms with E-state index in [4.69, 9.17) is 16.3 Å². The molecule has 3 amide bonds. The van der Waals surface area contributed by atoms with Crippen LogP contribution < -0.4 is 10.1 Å². The Morgan fingerprint density at radius 3 is 2.07 bits per heavy atom. The van der Waals surface area contributed by atoms with Crippen molar-refractivity contribution in [3.05, 3.63) is 88.9 Å². The minimum atomic E-state index is -0.383. The maximum atomic E-state index is 12.5. The highest BCUT2D eigenvalue weighted by molar-refractivity contribution is 6.32. The van der Waals surface area contributed by atoms with Crippen molar-refractivity contribution >= 4 is 35.0 Å². The van der Waals surface area contributed by atoms with Gasteiger partial charge in [-0.15, -0.1) is 0 Å². The zero-order valence-electron chi connectivity index (χ0n) is 15.8. The van der Waals surface area contributed by atoms with Gasteiger partial charge in [0.25, 0.3) is 11.8 Å². The normalized spacial score (nSPS) is 12.6. The lowest BCUT2D eigenvalue weighted by Crippen LogP contribution is -2.32. The first-order valence-electron chi connectivity index (χ1n) is 9.31. The van der Waals surface area contributed by atoms with Crippen molar-refractivity contribution in [1.82, 2.24) is 4.90 Å². The quantitative estimate of drug-likeness (QED) is 0.583. The van der Waals surface area contributed by atoms with Gasteiger partial charge in [-0.05, 0) is 36.4 Å². The summed E-state index contributed by atoms with van der Waals surface area (Å²) >= 11 is 6.14. The van der Waals surface area contributed by atoms with E-state index in [0.29, 0.717) is 33.3 Å². The molecule has 0 aliphatic carbocycles. The van der Waals surface area contributed by atoms with Crippen molar-refractivity contribution in [2.24, 2.45) is 0 Å². The minimum Gasteiger partial charge on any atom is -0.454 e. The zero-order valence-corrected chi connectivity index (χ0v) is 16.6. The van der Waals surface area contributed by atoms with Crippen molar-refractivity contribution in [2.45, 2.75) is 6.42 Å². The Hall–Kier alpha value is -3.64. The maximum absolute atomic E-state index is 12.5. The molecule has 3 aromatic carbocycles. The molecule has 7 heteroatoms. The molecule has 1 aliphatic rings. The lowest BCUT2D eigenvalue weighted by molar-refractivity contribution is -0.116. The monoisotopic (exact) mass is 420 g/mol. The third kappa shape index (κ3) is 3.90. The van der Waals surface area contributed by atoms with Crippen molar-refractivity contribution < 1.29 is 19.1 Å². The van der Waals surface area contributed by atoms with Gasteiger partial charge in [-0.1, -0.05) is 48.0 Å². The van der Waals surface area contributed by atoms with Crippen LogP contribution >= 0.6 is 11.6 Å². The highest BCUT2D eigenvalue weighted by Gasteiger charge is 2.34. The van der Waals surface area contributed by atoms with Gasteiger partial charge in [0, 0.05) is 13.0 Å². The molecule has 0 unspecified atom stereocenters. The molecular formula is C23H17ClN2O4. The fourth-order valence-electron chi connectivity index (χ4n) is 3.17. The van der Waals surface area contributed by atoms with E-state index in [1.807, 2.05) is 0 Å². The van der Waals surface area contributed by atoms with E-state index in [-0.39, 0.29) is 30.7 Å². The Morgan fingerprint density at radius 1 is 0.833 bits per heavy atom. The van der Waals surface area contributed by atoms with Gasteiger partial charge in [0.1, 0.15) is 5.75 Å². The van der Waals surface area contributed by atoms with Crippen molar-refractivity contribution in [3.63, 3.8) is 0 Å². The largest absolute Gasteiger partial charge is 0.454 e. The number of halogens is 1. The number of rotatable bonds is 6. The first-order chi connectivity index (χ1) is 14.5. The molecule has 30 heavy (non-hydrogen) atoms. The fraction of sp³-hybridized carbons (Fsp3) is 0.0870. The number of hydrogen-bond donors (Lipinski definition) is 1. The summed E-state index contributed by atoms with van der Waals surface area (Å²) in [5, 5.41) is 3.22. The Labute approximate surface area is 178 Å². The number of ether oxygens (including phenoxy) is 1. The highest BCUT2D eigenvalue weighted by atomic mass is 35.5. The van der Waals surface area contributed by atoms with Gasteiger partial charge in [0.05, 0.1) is 21.8 Å². The van der Waals surface area contributed by atoms with Crippen LogP contribution in [0.25, 0.3) is 0 Å². The molecule has 0 atom stereocenters. The average Bonchev–Trinajstić information content (AvgIpc) is 3.00. The van der Waals surface area contributed by atoms with Gasteiger partial charge in [-0.3, -0.25) is 19.3 Å². The number of amides is 3. The van der Waals surface area contributed by atoms with Gasteiger partial charge in [-0.25, -0.2) is 0 Å². The Bertz CT molecular complexity index is 1110. The predicted octanol–water partition coefficient (Wildman–Crippen LogP) is 4.76. The third-order valence-electron chi connectivity index (χ3n) is 4.66. The van der Waals surface area contributed by atoms with Crippen LogP contribution in [0, 0.1) is 0 Å². The van der Waals surface area contributed by atoms with Crippen LogP contribution in [0.5, 0.6) is 11.5 Å². The SMILES string of the molecule is O=C(CCN1C(=O)c2ccccc2C1=O)Nc1ccccc1Oc1ccccc1Cl. The Morgan fingerprint density at radius 2 is 1.40 bits per heavy atom. The molecule has 0 aromatic heterocycles. The molecule has 0 radical (unpaired) electrons. The zero-order chi connectivity index (χ0) is 21.1. The lowest BCUT2D eigenvalue weighted by atomic mass is 10.1. The van der Waals surface area contributed by atoms with Crippen LogP contribution in [0.4, 0.5) is 5.69 Å². The van der Waals surface area contributed by atoms with E-state index in [0.717, 1.165) is 4.90 Å². The molecule has 150 valence electrons. The van der Waals surface area contributed by atoms with Crippen LogP contribution in [-0.4, -0.2) is 29.2 Å². The third-order valence-corrected chi connectivity index (χ3v) is 4.97. The minimum absolute atomic E-state index is 0.00822. The summed E-state index contributed by atoms with van der Waals surface area (Å²) < 4.78 is 5.83. The highest BCUT2D eigenvalue weighted by Crippen LogP contribution is 2.33. The standard InChI is InChI=1S/C23H17ClN2O4/c24-17-9-3-5-11-19(17)30-20-12-6-4-10-18(20)25-21(27)13-14-26-22(28)15-7-1-2-8-16(15)23(26)29/h1-12H,13-14H2,(H,25,27). The number of imide groups is 1. The van der Waals surface area contributed by atoms with E-state index >= 15 is 0 Å². The van der Waals surface area contributed by atoms with Crippen molar-refractivity contribution in [3.8, 4) is 11.5 Å². The van der Waals surface area contributed by atoms with E-state index in [1.54, 1.807) is 72.8 Å². The van der Waals surface area contributed by atoms with Gasteiger partial charge in [0.2, 0.25) is 5.91 Å². The fourth-order valence-corrected chi connectivity index (χ4v) is 3.35. The first-order valence-corrected chi connectivity index (χ1v) is 9.69. The number of nitrogens with one attached hydrogen (secondary N) is 1. The number of fused-ring (bicyclic) bond motifs is 1. The van der Waals surface area contributed by atoms with Crippen LogP contribution in [0.15, 0.2) is 72.8 Å². The summed E-state index contributed by atoms with van der Waals surface area (Å²) in [6.45, 7) is -0.00822. The summed E-state index contributed by atoms with van der Waals surface area (Å²) in [6.07, 6.45) is -0.0358. The number of carbonyl (C=O) groups excluding carboxylic acids is 3. The van der Waals surface area contributed by atoms with Crippen LogP contribution in [0.2, 0.25) is 5.02 Å². The van der Waals surface area contributed by atoms with Gasteiger partial charge in [0.15, 0.2) is 5.75 Å². The molecular weight excluding hydrogens is 404 g/mol. The number of carbonyl (C=O) groups is 3. The summed E-state index contributed by atoms with van der Waals surface area (Å²) in [6, 6.07) is 20.6. The van der Waals surface area contributed by atoms with Gasteiger partial charge in [-0.2, -0.15) is 0 Å². The maximum Gasteiger partial charge on any atom is 0.261 e. The summed E-state index contributed by atoms with van der Waals surface area (Å²) in [5.74, 6) is -0.218. The molecule has 3 aromatic rings. The number of nitrogens with zero attached hydrogens (tertiary/aromatic N) is 1. The van der Waals surface area contributed by atoms with E-state index in [9.17, 15) is 14.4 Å². The second-order valence-corrected chi connectivity index (χ2v) is 7.04. The van der Waals surface area contributed by atoms with Gasteiger partial charge < -0.3 is 10.1 Å². The molecule has 0 saturated heterocycles. The van der Waals surface area contributed by atoms with Crippen molar-refractivity contribution in [2.75, 3.05) is 11.9 Å². The second-order valence-electron chi connectivity index (χ2n) is 6.63. The molecule has 0 spiro atoms. The summed E-state index contributed by atoms with van der Waals surface area (Å²) in [7, 11) is 0. The van der Waals surface area contributed by atoms with Gasteiger partial charge >= 0.3 is 0 Å². The Kier molecular flexibility index (Phi) is 5.50. The predicted molar refractivity (Wildman–Crippen MR) is 113 cm³/mol. The number of hydrogen-bond acceptors (Lipinski definition) is 4. The number of anilines is 1. The molecule has 4 rings (SSSR count). The van der Waals surface area contributed by atoms with Crippen molar-refractivity contribution in [1.29, 1.82) is 0 Å². The molecule has 1 N–H and O–H groups in total. The van der Waals surface area contributed by atoms with Crippen LogP contribution in [0.1, 0.15) is 27.1 Å². The molecule has 0 bridgehead atoms. The number of para-hydroxylation sites is 3. The smallest absolute Gasteiger partial charge is 0.261 e. The first kappa shape index (κ1) is 19.7. The molecule has 1 heterocycles. The summed E-state index contributed by atoms with van der Waals surface area (Å²) in [5.41, 5.74) is 1.19. The topological polar surface area (TPSA) is 75.7 Å². The van der Waals surface area contributed by atoms with E-state index in [2.05, 4.69) is 5.32 Å². The van der Waals surface area contributed by atoms with E-state index < -0.39 is 0 Å². The molecule has 1 aliphatic heterocycles. The average molecular weight is 421 g/mol. The molecule has 0 fully saturated rings. The van der Waals surface area contributed by atoms with Crippen LogP contribution in [-0.2, 0) is 4.79 Å². The molecule has 0 saturated carbocycles. The lowest BCUT2D eigenvalue weighted by Gasteiger charge is -2.15. The van der Waals surface area contributed by atoms with E-state index in [1.165, 1.54) is 0 Å². The number of benzene rings is 3. The summed E-state index contributed by atoms with van der Waals surface area (Å²) in [4.78, 5) is 38.4. The second kappa shape index (κ2) is 8.39. The van der Waals surface area contributed by atoms with Crippen LogP contribution in [0.3, 0.4) is 0 Å². The molecule has 6 nitrogen and oxygen atoms in total.